The number of aliphatic hydroxyl groups is 1. The fourth-order valence-corrected chi connectivity index (χ4v) is 1.51. The molecule has 0 amide bonds. The molecule has 0 aromatic heterocycles. The van der Waals surface area contributed by atoms with Crippen LogP contribution < -0.4 is 10.1 Å². The van der Waals surface area contributed by atoms with Crippen molar-refractivity contribution in [3.63, 3.8) is 0 Å². The highest BCUT2D eigenvalue weighted by Crippen LogP contribution is 2.23. The Kier molecular flexibility index (Phi) is 6.00. The maximum atomic E-state index is 10.4. The van der Waals surface area contributed by atoms with Gasteiger partial charge in [-0.1, -0.05) is 12.1 Å². The number of aliphatic hydroxyl groups excluding tert-OH is 1. The first-order valence-corrected chi connectivity index (χ1v) is 5.99. The molecule has 0 saturated heterocycles. The summed E-state index contributed by atoms with van der Waals surface area (Å²) in [5.74, 6) is -0.172. The third-order valence-electron chi connectivity index (χ3n) is 2.41. The Labute approximate surface area is 106 Å². The summed E-state index contributed by atoms with van der Waals surface area (Å²) in [6.45, 7) is 2.77. The second-order valence-electron chi connectivity index (χ2n) is 3.90. The van der Waals surface area contributed by atoms with Gasteiger partial charge in [-0.2, -0.15) is 0 Å². The number of para-hydroxylation sites is 2. The van der Waals surface area contributed by atoms with E-state index in [4.69, 9.17) is 9.84 Å². The fraction of sp³-hybridized carbons (Fsp3) is 0.462. The average molecular weight is 253 g/mol. The Hall–Kier alpha value is -1.75. The first kappa shape index (κ1) is 14.3. The van der Waals surface area contributed by atoms with Crippen LogP contribution >= 0.6 is 0 Å². The van der Waals surface area contributed by atoms with Crippen LogP contribution in [0.15, 0.2) is 24.3 Å². The minimum absolute atomic E-state index is 0.0318. The van der Waals surface area contributed by atoms with Crippen molar-refractivity contribution in [2.45, 2.75) is 25.9 Å². The summed E-state index contributed by atoms with van der Waals surface area (Å²) in [5, 5.41) is 21.2. The van der Waals surface area contributed by atoms with Crippen molar-refractivity contribution in [3.05, 3.63) is 24.3 Å². The van der Waals surface area contributed by atoms with Gasteiger partial charge in [0, 0.05) is 13.0 Å². The standard InChI is InChI=1S/C13H19NO4/c1-2-18-12-6-4-3-5-11(12)14-9-10(15)7-8-13(16)17/h3-6,10,14-15H,2,7-9H2,1H3,(H,16,17). The number of carboxylic acid groups (broad SMARTS) is 1. The topological polar surface area (TPSA) is 78.8 Å². The van der Waals surface area contributed by atoms with Crippen LogP contribution in [-0.4, -0.2) is 35.4 Å². The number of benzene rings is 1. The fourth-order valence-electron chi connectivity index (χ4n) is 1.51. The Morgan fingerprint density at radius 2 is 2.17 bits per heavy atom. The number of nitrogens with one attached hydrogen (secondary N) is 1. The smallest absolute Gasteiger partial charge is 0.303 e. The molecule has 0 spiro atoms. The van der Waals surface area contributed by atoms with Gasteiger partial charge >= 0.3 is 5.97 Å². The van der Waals surface area contributed by atoms with E-state index in [-0.39, 0.29) is 12.8 Å². The lowest BCUT2D eigenvalue weighted by Gasteiger charge is -2.14. The van der Waals surface area contributed by atoms with Crippen LogP contribution in [0.3, 0.4) is 0 Å². The van der Waals surface area contributed by atoms with Gasteiger partial charge in [-0.15, -0.1) is 0 Å². The molecular formula is C13H19NO4. The molecule has 18 heavy (non-hydrogen) atoms. The second kappa shape index (κ2) is 7.55. The molecule has 0 aliphatic carbocycles. The first-order chi connectivity index (χ1) is 8.63. The number of carboxylic acids is 1. The zero-order valence-corrected chi connectivity index (χ0v) is 10.4. The van der Waals surface area contributed by atoms with Crippen molar-refractivity contribution in [2.75, 3.05) is 18.5 Å². The summed E-state index contributed by atoms with van der Waals surface area (Å²) in [4.78, 5) is 10.4. The molecule has 3 N–H and O–H groups in total. The van der Waals surface area contributed by atoms with E-state index in [0.717, 1.165) is 11.4 Å². The van der Waals surface area contributed by atoms with E-state index >= 15 is 0 Å². The first-order valence-electron chi connectivity index (χ1n) is 5.99. The molecule has 0 saturated carbocycles. The quantitative estimate of drug-likeness (QED) is 0.657. The number of aliphatic carboxylic acids is 1. The van der Waals surface area contributed by atoms with E-state index in [1.54, 1.807) is 0 Å². The highest BCUT2D eigenvalue weighted by atomic mass is 16.5. The molecule has 0 radical (unpaired) electrons. The number of hydrogen-bond acceptors (Lipinski definition) is 4. The molecule has 1 rings (SSSR count). The highest BCUT2D eigenvalue weighted by molar-refractivity contribution is 5.66. The third kappa shape index (κ3) is 5.05. The molecule has 100 valence electrons. The van der Waals surface area contributed by atoms with Crippen LogP contribution in [0.4, 0.5) is 5.69 Å². The summed E-state index contributed by atoms with van der Waals surface area (Å²) in [6.07, 6.45) is -0.481. The Balaban J connectivity index is 2.44. The van der Waals surface area contributed by atoms with Crippen molar-refractivity contribution in [3.8, 4) is 5.75 Å². The Morgan fingerprint density at radius 3 is 2.83 bits per heavy atom. The lowest BCUT2D eigenvalue weighted by molar-refractivity contribution is -0.137. The van der Waals surface area contributed by atoms with E-state index in [1.165, 1.54) is 0 Å². The van der Waals surface area contributed by atoms with Gasteiger partial charge in [-0.05, 0) is 25.5 Å². The molecule has 0 aliphatic heterocycles. The maximum absolute atomic E-state index is 10.4. The summed E-state index contributed by atoms with van der Waals surface area (Å²) in [6, 6.07) is 7.44. The summed E-state index contributed by atoms with van der Waals surface area (Å²) in [7, 11) is 0. The minimum Gasteiger partial charge on any atom is -0.492 e. The van der Waals surface area contributed by atoms with Crippen molar-refractivity contribution in [2.24, 2.45) is 0 Å². The molecule has 0 fully saturated rings. The van der Waals surface area contributed by atoms with E-state index in [1.807, 2.05) is 31.2 Å². The maximum Gasteiger partial charge on any atom is 0.303 e. The van der Waals surface area contributed by atoms with Crippen LogP contribution in [0.2, 0.25) is 0 Å². The molecule has 1 atom stereocenters. The van der Waals surface area contributed by atoms with E-state index < -0.39 is 12.1 Å². The second-order valence-corrected chi connectivity index (χ2v) is 3.90. The van der Waals surface area contributed by atoms with Crippen LogP contribution in [0, 0.1) is 0 Å². The predicted octanol–water partition coefficient (Wildman–Crippen LogP) is 1.72. The van der Waals surface area contributed by atoms with Crippen LogP contribution in [-0.2, 0) is 4.79 Å². The number of hydrogen-bond donors (Lipinski definition) is 3. The lowest BCUT2D eigenvalue weighted by Crippen LogP contribution is -2.20. The highest BCUT2D eigenvalue weighted by Gasteiger charge is 2.08. The van der Waals surface area contributed by atoms with Gasteiger partial charge < -0.3 is 20.3 Å². The Bertz CT molecular complexity index is 381. The number of rotatable bonds is 8. The SMILES string of the molecule is CCOc1ccccc1NCC(O)CCC(=O)O. The van der Waals surface area contributed by atoms with Crippen molar-refractivity contribution in [1.82, 2.24) is 0 Å². The largest absolute Gasteiger partial charge is 0.492 e. The van der Waals surface area contributed by atoms with Crippen LogP contribution in [0.25, 0.3) is 0 Å². The van der Waals surface area contributed by atoms with Gasteiger partial charge in [0.15, 0.2) is 0 Å². The van der Waals surface area contributed by atoms with Gasteiger partial charge in [0.25, 0.3) is 0 Å². The average Bonchev–Trinajstić information content (AvgIpc) is 2.35. The van der Waals surface area contributed by atoms with Gasteiger partial charge in [0.05, 0.1) is 18.4 Å². The predicted molar refractivity (Wildman–Crippen MR) is 69.0 cm³/mol. The van der Waals surface area contributed by atoms with Crippen molar-refractivity contribution < 1.29 is 19.7 Å². The van der Waals surface area contributed by atoms with E-state index in [9.17, 15) is 9.90 Å². The molecule has 0 bridgehead atoms. The third-order valence-corrected chi connectivity index (χ3v) is 2.41. The molecule has 0 aliphatic rings. The molecule has 1 aromatic carbocycles. The summed E-state index contributed by atoms with van der Waals surface area (Å²) < 4.78 is 5.43. The minimum atomic E-state index is -0.899. The van der Waals surface area contributed by atoms with Crippen molar-refractivity contribution in [1.29, 1.82) is 0 Å². The number of anilines is 1. The van der Waals surface area contributed by atoms with Gasteiger partial charge in [0.1, 0.15) is 5.75 Å². The number of ether oxygens (including phenoxy) is 1. The molecular weight excluding hydrogens is 234 g/mol. The van der Waals surface area contributed by atoms with Crippen LogP contribution in [0.1, 0.15) is 19.8 Å². The van der Waals surface area contributed by atoms with Gasteiger partial charge in [-0.25, -0.2) is 0 Å². The Morgan fingerprint density at radius 1 is 1.44 bits per heavy atom. The normalized spacial score (nSPS) is 11.9. The molecule has 0 heterocycles. The van der Waals surface area contributed by atoms with Crippen LogP contribution in [0.5, 0.6) is 5.75 Å². The van der Waals surface area contributed by atoms with Crippen molar-refractivity contribution >= 4 is 11.7 Å². The zero-order chi connectivity index (χ0) is 13.4. The van der Waals surface area contributed by atoms with E-state index in [2.05, 4.69) is 5.32 Å². The zero-order valence-electron chi connectivity index (χ0n) is 10.4. The summed E-state index contributed by atoms with van der Waals surface area (Å²) in [5.41, 5.74) is 0.800. The molecule has 5 heteroatoms. The summed E-state index contributed by atoms with van der Waals surface area (Å²) >= 11 is 0. The molecule has 1 aromatic rings. The lowest BCUT2D eigenvalue weighted by atomic mass is 10.2. The van der Waals surface area contributed by atoms with Gasteiger partial charge in [-0.3, -0.25) is 4.79 Å². The number of carbonyl (C=O) groups is 1. The monoisotopic (exact) mass is 253 g/mol. The van der Waals surface area contributed by atoms with Gasteiger partial charge in [0.2, 0.25) is 0 Å². The van der Waals surface area contributed by atoms with E-state index in [0.29, 0.717) is 13.2 Å². The molecule has 5 nitrogen and oxygen atoms in total. The molecule has 1 unspecified atom stereocenters.